The molecule has 0 fully saturated rings. The Balaban J connectivity index is 2.54. The monoisotopic (exact) mass is 193 g/mol. The molecule has 0 saturated heterocycles. The normalized spacial score (nSPS) is 10.9. The summed E-state index contributed by atoms with van der Waals surface area (Å²) in [5.41, 5.74) is 2.52. The molecule has 0 bridgehead atoms. The van der Waals surface area contributed by atoms with E-state index in [2.05, 4.69) is 36.9 Å². The van der Waals surface area contributed by atoms with Gasteiger partial charge in [-0.2, -0.15) is 0 Å². The highest BCUT2D eigenvalue weighted by molar-refractivity contribution is 5.23. The number of aryl methyl sites for hydroxylation is 1. The topological polar surface area (TPSA) is 35.2 Å². The molecule has 78 valence electrons. The van der Waals surface area contributed by atoms with Crippen molar-refractivity contribution in [1.29, 1.82) is 0 Å². The summed E-state index contributed by atoms with van der Waals surface area (Å²) in [6.45, 7) is 4.98. The van der Waals surface area contributed by atoms with Crippen LogP contribution in [0.1, 0.15) is 31.4 Å². The summed E-state index contributed by atoms with van der Waals surface area (Å²) in [6.07, 6.45) is 2.36. The van der Waals surface area contributed by atoms with Gasteiger partial charge in [0.1, 0.15) is 0 Å². The zero-order chi connectivity index (χ0) is 10.4. The van der Waals surface area contributed by atoms with Crippen LogP contribution in [-0.2, 0) is 17.9 Å². The van der Waals surface area contributed by atoms with Crippen molar-refractivity contribution in [1.82, 2.24) is 0 Å². The van der Waals surface area contributed by atoms with E-state index in [1.165, 1.54) is 12.0 Å². The van der Waals surface area contributed by atoms with Crippen LogP contribution >= 0.6 is 0 Å². The van der Waals surface area contributed by atoms with Gasteiger partial charge in [-0.3, -0.25) is 4.84 Å². The van der Waals surface area contributed by atoms with Crippen LogP contribution in [0.15, 0.2) is 24.3 Å². The maximum Gasteiger partial charge on any atom is 0.0930 e. The van der Waals surface area contributed by atoms with Gasteiger partial charge in [0.05, 0.1) is 6.61 Å². The Morgan fingerprint density at radius 2 is 2.00 bits per heavy atom. The van der Waals surface area contributed by atoms with Crippen molar-refractivity contribution < 1.29 is 4.84 Å². The molecule has 0 heterocycles. The van der Waals surface area contributed by atoms with Crippen LogP contribution < -0.4 is 5.90 Å². The standard InChI is InChI=1S/C12H19NO/c1-10(2)6-7-11-4-3-5-12(8-11)9-14-13/h3-5,8,10H,6-7,9,13H2,1-2H3. The lowest BCUT2D eigenvalue weighted by atomic mass is 10.0. The molecular formula is C12H19NO. The molecule has 0 unspecified atom stereocenters. The molecule has 1 rings (SSSR count). The van der Waals surface area contributed by atoms with Gasteiger partial charge in [-0.15, -0.1) is 0 Å². The lowest BCUT2D eigenvalue weighted by Gasteiger charge is -2.06. The fourth-order valence-corrected chi connectivity index (χ4v) is 1.43. The van der Waals surface area contributed by atoms with Gasteiger partial charge in [0.2, 0.25) is 0 Å². The number of nitrogens with two attached hydrogens (primary N) is 1. The molecular weight excluding hydrogens is 174 g/mol. The molecule has 1 aromatic carbocycles. The molecule has 0 aliphatic heterocycles. The number of benzene rings is 1. The first-order valence-corrected chi connectivity index (χ1v) is 5.12. The molecule has 2 N–H and O–H groups in total. The molecule has 2 heteroatoms. The van der Waals surface area contributed by atoms with Crippen LogP contribution in [0.25, 0.3) is 0 Å². The fraction of sp³-hybridized carbons (Fsp3) is 0.500. The van der Waals surface area contributed by atoms with E-state index in [1.807, 2.05) is 6.07 Å². The minimum atomic E-state index is 0.496. The highest BCUT2D eigenvalue weighted by Crippen LogP contribution is 2.11. The molecule has 0 aromatic heterocycles. The van der Waals surface area contributed by atoms with Crippen molar-refractivity contribution in [2.75, 3.05) is 0 Å². The molecule has 0 radical (unpaired) electrons. The molecule has 1 aromatic rings. The Labute approximate surface area is 86.0 Å². The second-order valence-corrected chi connectivity index (χ2v) is 4.06. The Kier molecular flexibility index (Phi) is 4.63. The minimum Gasteiger partial charge on any atom is -0.300 e. The molecule has 0 spiro atoms. The van der Waals surface area contributed by atoms with E-state index in [9.17, 15) is 0 Å². The van der Waals surface area contributed by atoms with Gasteiger partial charge in [-0.05, 0) is 29.9 Å². The Hall–Kier alpha value is -0.860. The van der Waals surface area contributed by atoms with Crippen LogP contribution in [0.4, 0.5) is 0 Å². The molecule has 0 atom stereocenters. The van der Waals surface area contributed by atoms with Gasteiger partial charge in [0.15, 0.2) is 0 Å². The Morgan fingerprint density at radius 3 is 2.64 bits per heavy atom. The highest BCUT2D eigenvalue weighted by atomic mass is 16.6. The molecule has 0 saturated carbocycles. The van der Waals surface area contributed by atoms with E-state index in [-0.39, 0.29) is 0 Å². The second-order valence-electron chi connectivity index (χ2n) is 4.06. The first kappa shape index (κ1) is 11.2. The number of rotatable bonds is 5. The lowest BCUT2D eigenvalue weighted by Crippen LogP contribution is -1.99. The first-order chi connectivity index (χ1) is 6.72. The van der Waals surface area contributed by atoms with Crippen molar-refractivity contribution in [3.8, 4) is 0 Å². The van der Waals surface area contributed by atoms with Gasteiger partial charge in [-0.1, -0.05) is 38.1 Å². The number of hydrogen-bond donors (Lipinski definition) is 1. The number of hydrogen-bond acceptors (Lipinski definition) is 2. The van der Waals surface area contributed by atoms with Crippen molar-refractivity contribution in [2.24, 2.45) is 11.8 Å². The maximum absolute atomic E-state index is 5.03. The quantitative estimate of drug-likeness (QED) is 0.730. The van der Waals surface area contributed by atoms with E-state index in [1.54, 1.807) is 0 Å². The SMILES string of the molecule is CC(C)CCc1cccc(CON)c1. The summed E-state index contributed by atoms with van der Waals surface area (Å²) >= 11 is 0. The Morgan fingerprint density at radius 1 is 1.29 bits per heavy atom. The van der Waals surface area contributed by atoms with Crippen molar-refractivity contribution >= 4 is 0 Å². The molecule has 2 nitrogen and oxygen atoms in total. The predicted molar refractivity (Wildman–Crippen MR) is 58.6 cm³/mol. The highest BCUT2D eigenvalue weighted by Gasteiger charge is 1.98. The van der Waals surface area contributed by atoms with Gasteiger partial charge < -0.3 is 0 Å². The molecule has 14 heavy (non-hydrogen) atoms. The Bertz CT molecular complexity index is 271. The molecule has 0 aliphatic rings. The summed E-state index contributed by atoms with van der Waals surface area (Å²) in [4.78, 5) is 4.61. The first-order valence-electron chi connectivity index (χ1n) is 5.12. The smallest absolute Gasteiger partial charge is 0.0930 e. The summed E-state index contributed by atoms with van der Waals surface area (Å²) in [5, 5.41) is 0. The largest absolute Gasteiger partial charge is 0.300 e. The zero-order valence-electron chi connectivity index (χ0n) is 8.99. The average Bonchev–Trinajstić information content (AvgIpc) is 2.16. The van der Waals surface area contributed by atoms with Crippen LogP contribution in [0.3, 0.4) is 0 Å². The van der Waals surface area contributed by atoms with E-state index in [0.717, 1.165) is 17.9 Å². The third-order valence-corrected chi connectivity index (χ3v) is 2.25. The van der Waals surface area contributed by atoms with Crippen LogP contribution in [0.2, 0.25) is 0 Å². The van der Waals surface area contributed by atoms with Crippen molar-refractivity contribution in [2.45, 2.75) is 33.3 Å². The third kappa shape index (κ3) is 3.90. The minimum absolute atomic E-state index is 0.496. The van der Waals surface area contributed by atoms with Crippen molar-refractivity contribution in [3.63, 3.8) is 0 Å². The van der Waals surface area contributed by atoms with Gasteiger partial charge in [0.25, 0.3) is 0 Å². The summed E-state index contributed by atoms with van der Waals surface area (Å²) in [5.74, 6) is 5.79. The third-order valence-electron chi connectivity index (χ3n) is 2.25. The van der Waals surface area contributed by atoms with Gasteiger partial charge in [-0.25, -0.2) is 5.90 Å². The summed E-state index contributed by atoms with van der Waals surface area (Å²) < 4.78 is 0. The van der Waals surface area contributed by atoms with Gasteiger partial charge in [0, 0.05) is 0 Å². The van der Waals surface area contributed by atoms with Crippen LogP contribution in [0, 0.1) is 5.92 Å². The zero-order valence-corrected chi connectivity index (χ0v) is 8.99. The van der Waals surface area contributed by atoms with E-state index in [0.29, 0.717) is 6.61 Å². The average molecular weight is 193 g/mol. The van der Waals surface area contributed by atoms with Crippen LogP contribution in [-0.4, -0.2) is 0 Å². The molecule has 0 aliphatic carbocycles. The van der Waals surface area contributed by atoms with E-state index < -0.39 is 0 Å². The lowest BCUT2D eigenvalue weighted by molar-refractivity contribution is 0.124. The summed E-state index contributed by atoms with van der Waals surface area (Å²) in [7, 11) is 0. The van der Waals surface area contributed by atoms with E-state index in [4.69, 9.17) is 5.90 Å². The van der Waals surface area contributed by atoms with E-state index >= 15 is 0 Å². The maximum atomic E-state index is 5.03. The van der Waals surface area contributed by atoms with Crippen LogP contribution in [0.5, 0.6) is 0 Å². The fourth-order valence-electron chi connectivity index (χ4n) is 1.43. The summed E-state index contributed by atoms with van der Waals surface area (Å²) in [6, 6.07) is 8.41. The molecule has 0 amide bonds. The second kappa shape index (κ2) is 5.78. The predicted octanol–water partition coefficient (Wildman–Crippen LogP) is 2.67. The van der Waals surface area contributed by atoms with Gasteiger partial charge >= 0.3 is 0 Å². The van der Waals surface area contributed by atoms with Crippen molar-refractivity contribution in [3.05, 3.63) is 35.4 Å².